The third-order valence-electron chi connectivity index (χ3n) is 7.63. The fourth-order valence-corrected chi connectivity index (χ4v) is 6.68. The van der Waals surface area contributed by atoms with Gasteiger partial charge in [-0.15, -0.1) is 0 Å². The van der Waals surface area contributed by atoms with Gasteiger partial charge in [-0.2, -0.15) is 22.0 Å². The summed E-state index contributed by atoms with van der Waals surface area (Å²) in [6, 6.07) is 5.55. The summed E-state index contributed by atoms with van der Waals surface area (Å²) in [6.07, 6.45) is 3.04. The number of carbonyl (C=O) groups excluding carboxylic acids is 2. The maximum absolute atomic E-state index is 13.5. The van der Waals surface area contributed by atoms with Crippen molar-refractivity contribution in [3.05, 3.63) is 35.0 Å². The van der Waals surface area contributed by atoms with E-state index in [1.54, 1.807) is 18.1 Å². The van der Waals surface area contributed by atoms with Gasteiger partial charge in [0.2, 0.25) is 11.8 Å². The Morgan fingerprint density at radius 2 is 2.07 bits per heavy atom. The first kappa shape index (κ1) is 28.9. The lowest BCUT2D eigenvalue weighted by atomic mass is 10.0. The molecule has 13 heteroatoms. The molecule has 2 fully saturated rings. The predicted octanol–water partition coefficient (Wildman–Crippen LogP) is 2.07. The molecular formula is C28H37N9O3S. The number of hydrogen-bond donors (Lipinski definition) is 2. The number of nitrogens with one attached hydrogen (secondary N) is 2. The van der Waals surface area contributed by atoms with Crippen LogP contribution in [-0.4, -0.2) is 115 Å². The number of aryl methyl sites for hydroxylation is 1. The van der Waals surface area contributed by atoms with Crippen LogP contribution in [0.2, 0.25) is 0 Å². The molecule has 3 amide bonds. The lowest BCUT2D eigenvalue weighted by Crippen LogP contribution is -2.48. The van der Waals surface area contributed by atoms with Crippen LogP contribution in [0.25, 0.3) is 0 Å². The van der Waals surface area contributed by atoms with Crippen molar-refractivity contribution in [2.75, 3.05) is 88.3 Å². The van der Waals surface area contributed by atoms with E-state index in [9.17, 15) is 14.9 Å². The number of aromatic nitrogens is 2. The maximum atomic E-state index is 13.5. The van der Waals surface area contributed by atoms with E-state index >= 15 is 0 Å². The molecule has 0 saturated carbocycles. The molecule has 218 valence electrons. The van der Waals surface area contributed by atoms with Crippen molar-refractivity contribution < 1.29 is 14.3 Å². The van der Waals surface area contributed by atoms with E-state index in [0.29, 0.717) is 66.7 Å². The van der Waals surface area contributed by atoms with Crippen molar-refractivity contribution in [1.29, 1.82) is 5.26 Å². The lowest BCUT2D eigenvalue weighted by Gasteiger charge is -2.33. The number of urea groups is 1. The van der Waals surface area contributed by atoms with Crippen LogP contribution in [0.4, 0.5) is 22.1 Å². The first-order valence-electron chi connectivity index (χ1n) is 13.9. The number of methoxy groups -OCH3 is 1. The second-order valence-electron chi connectivity index (χ2n) is 10.7. The Kier molecular flexibility index (Phi) is 9.12. The molecule has 0 radical (unpaired) electrons. The monoisotopic (exact) mass is 579 g/mol. The molecule has 2 saturated heterocycles. The number of amides is 3. The third-order valence-corrected chi connectivity index (χ3v) is 8.84. The van der Waals surface area contributed by atoms with E-state index in [2.05, 4.69) is 33.6 Å². The Morgan fingerprint density at radius 1 is 1.22 bits per heavy atom. The Morgan fingerprint density at radius 3 is 2.83 bits per heavy atom. The number of nitriles is 1. The van der Waals surface area contributed by atoms with Crippen molar-refractivity contribution in [1.82, 2.24) is 24.7 Å². The largest absolute Gasteiger partial charge is 0.481 e. The molecule has 3 aliphatic heterocycles. The summed E-state index contributed by atoms with van der Waals surface area (Å²) in [5, 5.41) is 16.3. The molecule has 1 atom stereocenters. The number of piperazine rings is 1. The summed E-state index contributed by atoms with van der Waals surface area (Å²) >= 11 is 1.92. The molecule has 2 aromatic rings. The van der Waals surface area contributed by atoms with Crippen molar-refractivity contribution >= 4 is 41.0 Å². The molecule has 0 aromatic carbocycles. The number of likely N-dealkylation sites (N-methyl/N-ethyl adjacent to an activating group) is 1. The minimum atomic E-state index is -0.352. The molecule has 2 aromatic heterocycles. The molecule has 0 aliphatic carbocycles. The van der Waals surface area contributed by atoms with E-state index < -0.39 is 0 Å². The Bertz CT molecular complexity index is 1330. The van der Waals surface area contributed by atoms with Crippen LogP contribution in [0.3, 0.4) is 0 Å². The fraction of sp³-hybridized carbons (Fsp3) is 0.536. The number of hydrogen-bond acceptors (Lipinski definition) is 10. The molecule has 0 bridgehead atoms. The lowest BCUT2D eigenvalue weighted by molar-refractivity contribution is -0.136. The normalized spacial score (nSPS) is 19.9. The second-order valence-corrected chi connectivity index (χ2v) is 12.1. The molecule has 12 nitrogen and oxygen atoms in total. The average molecular weight is 580 g/mol. The van der Waals surface area contributed by atoms with Gasteiger partial charge in [-0.1, -0.05) is 0 Å². The summed E-state index contributed by atoms with van der Waals surface area (Å²) in [5.74, 6) is 2.47. The zero-order valence-electron chi connectivity index (χ0n) is 23.9. The summed E-state index contributed by atoms with van der Waals surface area (Å²) in [7, 11) is 5.61. The van der Waals surface area contributed by atoms with Gasteiger partial charge < -0.3 is 19.9 Å². The van der Waals surface area contributed by atoms with Crippen LogP contribution in [0.5, 0.6) is 5.88 Å². The quantitative estimate of drug-likeness (QED) is 0.503. The van der Waals surface area contributed by atoms with Gasteiger partial charge in [0.15, 0.2) is 0 Å². The van der Waals surface area contributed by atoms with Crippen LogP contribution >= 0.6 is 11.8 Å². The summed E-state index contributed by atoms with van der Waals surface area (Å²) in [5.41, 5.74) is 2.85. The topological polar surface area (TPSA) is 130 Å². The van der Waals surface area contributed by atoms with Gasteiger partial charge in [-0.25, -0.2) is 9.78 Å². The number of nitrogens with zero attached hydrogens (tertiary/aromatic N) is 7. The van der Waals surface area contributed by atoms with Crippen LogP contribution in [-0.2, 0) is 17.8 Å². The predicted molar refractivity (Wildman–Crippen MR) is 160 cm³/mol. The number of pyridine rings is 2. The minimum Gasteiger partial charge on any atom is -0.481 e. The molecule has 5 heterocycles. The second kappa shape index (κ2) is 12.9. The van der Waals surface area contributed by atoms with E-state index in [0.717, 1.165) is 49.4 Å². The third kappa shape index (κ3) is 6.83. The highest BCUT2D eigenvalue weighted by Gasteiger charge is 2.29. The first-order chi connectivity index (χ1) is 19.8. The van der Waals surface area contributed by atoms with Crippen LogP contribution < -0.4 is 20.3 Å². The van der Waals surface area contributed by atoms with Crippen LogP contribution in [0.15, 0.2) is 18.3 Å². The van der Waals surface area contributed by atoms with Crippen molar-refractivity contribution in [2.45, 2.75) is 24.6 Å². The zero-order valence-corrected chi connectivity index (χ0v) is 24.7. The minimum absolute atomic E-state index is 0.0770. The van der Waals surface area contributed by atoms with Crippen molar-refractivity contribution in [3.63, 3.8) is 0 Å². The number of thioether (sulfide) groups is 1. The molecular weight excluding hydrogens is 542 g/mol. The van der Waals surface area contributed by atoms with E-state index in [-0.39, 0.29) is 11.9 Å². The smallest absolute Gasteiger partial charge is 0.328 e. The number of fused-ring (bicyclic) bond motifs is 1. The van der Waals surface area contributed by atoms with Gasteiger partial charge in [0.1, 0.15) is 17.7 Å². The Balaban J connectivity index is 1.30. The molecule has 41 heavy (non-hydrogen) atoms. The molecule has 1 unspecified atom stereocenters. The van der Waals surface area contributed by atoms with Crippen LogP contribution in [0, 0.1) is 11.3 Å². The first-order valence-corrected chi connectivity index (χ1v) is 14.9. The number of carbonyl (C=O) groups is 2. The van der Waals surface area contributed by atoms with Crippen molar-refractivity contribution in [3.8, 4) is 11.9 Å². The Hall–Kier alpha value is -3.60. The SMILES string of the molecule is COc1nc2c(cc1CN1CCN(C)CC1=O)CCCN2C(=O)Nc1cc(NCC2CN(C)CCS2)c(C#N)cn1. The summed E-state index contributed by atoms with van der Waals surface area (Å²) < 4.78 is 5.61. The fourth-order valence-electron chi connectivity index (χ4n) is 5.36. The van der Waals surface area contributed by atoms with E-state index in [4.69, 9.17) is 9.72 Å². The van der Waals surface area contributed by atoms with E-state index in [1.165, 1.54) is 6.20 Å². The molecule has 2 N–H and O–H groups in total. The van der Waals surface area contributed by atoms with Gasteiger partial charge in [-0.05, 0) is 38.6 Å². The van der Waals surface area contributed by atoms with Gasteiger partial charge >= 0.3 is 6.03 Å². The van der Waals surface area contributed by atoms with Gasteiger partial charge in [-0.3, -0.25) is 19.9 Å². The Labute approximate surface area is 245 Å². The summed E-state index contributed by atoms with van der Waals surface area (Å²) in [6.45, 7) is 5.55. The number of ether oxygens (including phenoxy) is 1. The van der Waals surface area contributed by atoms with Crippen molar-refractivity contribution in [2.24, 2.45) is 0 Å². The zero-order chi connectivity index (χ0) is 28.9. The van der Waals surface area contributed by atoms with Crippen LogP contribution in [0.1, 0.15) is 23.1 Å². The number of rotatable bonds is 7. The highest BCUT2D eigenvalue weighted by Crippen LogP contribution is 2.32. The molecule has 3 aliphatic rings. The maximum Gasteiger partial charge on any atom is 0.328 e. The van der Waals surface area contributed by atoms with Gasteiger partial charge in [0.25, 0.3) is 0 Å². The number of anilines is 3. The molecule has 5 rings (SSSR count). The van der Waals surface area contributed by atoms with Gasteiger partial charge in [0, 0.05) is 68.1 Å². The van der Waals surface area contributed by atoms with E-state index in [1.807, 2.05) is 34.7 Å². The average Bonchev–Trinajstić information content (AvgIpc) is 2.97. The van der Waals surface area contributed by atoms with Gasteiger partial charge in [0.05, 0.1) is 31.5 Å². The molecule has 0 spiro atoms. The highest BCUT2D eigenvalue weighted by molar-refractivity contribution is 8.00. The summed E-state index contributed by atoms with van der Waals surface area (Å²) in [4.78, 5) is 42.8. The highest BCUT2D eigenvalue weighted by atomic mass is 32.2. The standard InChI is InChI=1S/C28H37N9O3S/c1-34-7-8-36(25(38)18-34)16-20-11-19-5-4-6-37(26(19)33-27(20)40-3)28(39)32-24-12-23(21(13-29)14-31-24)30-15-22-17-35(2)9-10-41-22/h11-12,14,22H,4-10,15-18H2,1-3H3,(H2,30,31,32,39).